The van der Waals surface area contributed by atoms with Gasteiger partial charge in [0.25, 0.3) is 0 Å². The molecular weight excluding hydrogens is 214 g/mol. The Morgan fingerprint density at radius 2 is 2.12 bits per heavy atom. The summed E-state index contributed by atoms with van der Waals surface area (Å²) < 4.78 is 25.9. The maximum absolute atomic E-state index is 13.4. The fourth-order valence-electron chi connectivity index (χ4n) is 1.63. The minimum Gasteiger partial charge on any atom is -0.481 e. The number of alkyl halides is 1. The third kappa shape index (κ3) is 2.78. The van der Waals surface area contributed by atoms with Crippen molar-refractivity contribution in [1.82, 2.24) is 0 Å². The molecule has 88 valence electrons. The number of aryl methyl sites for hydroxylation is 1. The Morgan fingerprint density at radius 1 is 1.50 bits per heavy atom. The van der Waals surface area contributed by atoms with Crippen LogP contribution < -0.4 is 0 Å². The van der Waals surface area contributed by atoms with Crippen LogP contribution in [0.2, 0.25) is 0 Å². The number of hydrogen-bond acceptors (Lipinski definition) is 1. The van der Waals surface area contributed by atoms with E-state index in [1.54, 1.807) is 19.9 Å². The highest BCUT2D eigenvalue weighted by Gasteiger charge is 2.14. The first-order valence-electron chi connectivity index (χ1n) is 5.02. The first-order valence-corrected chi connectivity index (χ1v) is 5.02. The van der Waals surface area contributed by atoms with E-state index in [0.717, 1.165) is 0 Å². The average Bonchev–Trinajstić information content (AvgIpc) is 2.16. The van der Waals surface area contributed by atoms with Gasteiger partial charge < -0.3 is 5.11 Å². The lowest BCUT2D eigenvalue weighted by atomic mass is 9.94. The molecule has 0 amide bonds. The number of hydrogen-bond donors (Lipinski definition) is 1. The standard InChI is InChI=1S/C12H14F2O2/c1-7(4-12(15)16)9-3-8(2)10(6-13)11(14)5-9/h3,5,7H,4,6H2,1-2H3,(H,15,16). The predicted molar refractivity (Wildman–Crippen MR) is 56.6 cm³/mol. The van der Waals surface area contributed by atoms with E-state index >= 15 is 0 Å². The molecule has 0 saturated heterocycles. The molecule has 1 N–H and O–H groups in total. The van der Waals surface area contributed by atoms with Crippen LogP contribution in [0.25, 0.3) is 0 Å². The summed E-state index contributed by atoms with van der Waals surface area (Å²) in [6, 6.07) is 2.86. The molecule has 0 radical (unpaired) electrons. The molecule has 0 bridgehead atoms. The molecule has 1 aromatic carbocycles. The Balaban J connectivity index is 3.03. The topological polar surface area (TPSA) is 37.3 Å². The van der Waals surface area contributed by atoms with Gasteiger partial charge in [0.05, 0.1) is 6.42 Å². The Bertz CT molecular complexity index is 379. The summed E-state index contributed by atoms with van der Waals surface area (Å²) in [5.74, 6) is -1.81. The molecule has 0 aliphatic carbocycles. The van der Waals surface area contributed by atoms with E-state index in [1.165, 1.54) is 6.07 Å². The van der Waals surface area contributed by atoms with Crippen LogP contribution in [0.3, 0.4) is 0 Å². The van der Waals surface area contributed by atoms with Crippen LogP contribution in [0.4, 0.5) is 8.78 Å². The molecule has 1 aromatic rings. The first-order chi connectivity index (χ1) is 7.45. The lowest BCUT2D eigenvalue weighted by molar-refractivity contribution is -0.137. The minimum atomic E-state index is -0.930. The Kier molecular flexibility index (Phi) is 3.99. The zero-order chi connectivity index (χ0) is 12.3. The average molecular weight is 228 g/mol. The summed E-state index contributed by atoms with van der Waals surface area (Å²) in [5, 5.41) is 8.63. The number of rotatable bonds is 4. The Hall–Kier alpha value is -1.45. The van der Waals surface area contributed by atoms with E-state index in [2.05, 4.69) is 0 Å². The van der Waals surface area contributed by atoms with E-state index in [1.807, 2.05) is 0 Å². The second-order valence-corrected chi connectivity index (χ2v) is 3.93. The third-order valence-electron chi connectivity index (χ3n) is 2.62. The predicted octanol–water partition coefficient (Wildman–Crippen LogP) is 3.18. The lowest BCUT2D eigenvalue weighted by Gasteiger charge is -2.12. The van der Waals surface area contributed by atoms with Crippen molar-refractivity contribution in [2.45, 2.75) is 32.9 Å². The van der Waals surface area contributed by atoms with Crippen LogP contribution in [-0.2, 0) is 11.5 Å². The fraction of sp³-hybridized carbons (Fsp3) is 0.417. The Labute approximate surface area is 92.9 Å². The highest BCUT2D eigenvalue weighted by Crippen LogP contribution is 2.24. The van der Waals surface area contributed by atoms with Crippen molar-refractivity contribution in [3.05, 3.63) is 34.6 Å². The molecule has 0 fully saturated rings. The molecule has 1 atom stereocenters. The van der Waals surface area contributed by atoms with Crippen molar-refractivity contribution >= 4 is 5.97 Å². The molecule has 1 unspecified atom stereocenters. The van der Waals surface area contributed by atoms with Gasteiger partial charge in [-0.15, -0.1) is 0 Å². The normalized spacial score (nSPS) is 12.5. The van der Waals surface area contributed by atoms with Crippen molar-refractivity contribution < 1.29 is 18.7 Å². The Morgan fingerprint density at radius 3 is 2.56 bits per heavy atom. The molecule has 1 rings (SSSR count). The molecule has 0 spiro atoms. The van der Waals surface area contributed by atoms with Gasteiger partial charge in [0.2, 0.25) is 0 Å². The second-order valence-electron chi connectivity index (χ2n) is 3.93. The van der Waals surface area contributed by atoms with Crippen LogP contribution in [0.15, 0.2) is 12.1 Å². The zero-order valence-corrected chi connectivity index (χ0v) is 9.26. The van der Waals surface area contributed by atoms with Gasteiger partial charge in [-0.25, -0.2) is 8.78 Å². The van der Waals surface area contributed by atoms with Crippen molar-refractivity contribution in [2.75, 3.05) is 0 Å². The number of aliphatic carboxylic acids is 1. The maximum Gasteiger partial charge on any atom is 0.303 e. The smallest absolute Gasteiger partial charge is 0.303 e. The van der Waals surface area contributed by atoms with Crippen LogP contribution in [-0.4, -0.2) is 11.1 Å². The van der Waals surface area contributed by atoms with Crippen LogP contribution in [0, 0.1) is 12.7 Å². The summed E-state index contributed by atoms with van der Waals surface area (Å²) in [6.45, 7) is 2.48. The molecular formula is C12H14F2O2. The monoisotopic (exact) mass is 228 g/mol. The molecule has 0 aliphatic heterocycles. The summed E-state index contributed by atoms with van der Waals surface area (Å²) in [6.07, 6.45) is -0.0617. The number of benzene rings is 1. The highest BCUT2D eigenvalue weighted by molar-refractivity contribution is 5.68. The molecule has 4 heteroatoms. The highest BCUT2D eigenvalue weighted by atomic mass is 19.1. The van der Waals surface area contributed by atoms with Gasteiger partial charge in [0.15, 0.2) is 0 Å². The number of halogens is 2. The second kappa shape index (κ2) is 5.05. The van der Waals surface area contributed by atoms with Gasteiger partial charge in [-0.2, -0.15) is 0 Å². The summed E-state index contributed by atoms with van der Waals surface area (Å²) >= 11 is 0. The fourth-order valence-corrected chi connectivity index (χ4v) is 1.63. The van der Waals surface area contributed by atoms with Crippen LogP contribution >= 0.6 is 0 Å². The summed E-state index contributed by atoms with van der Waals surface area (Å²) in [4.78, 5) is 10.5. The van der Waals surface area contributed by atoms with E-state index in [-0.39, 0.29) is 17.9 Å². The van der Waals surface area contributed by atoms with E-state index in [0.29, 0.717) is 11.1 Å². The number of carboxylic acids is 1. The summed E-state index contributed by atoms with van der Waals surface area (Å²) in [5.41, 5.74) is 1.16. The van der Waals surface area contributed by atoms with Gasteiger partial charge in [-0.05, 0) is 30.0 Å². The van der Waals surface area contributed by atoms with Gasteiger partial charge in [0, 0.05) is 5.56 Å². The van der Waals surface area contributed by atoms with Crippen molar-refractivity contribution in [1.29, 1.82) is 0 Å². The lowest BCUT2D eigenvalue weighted by Crippen LogP contribution is -2.05. The molecule has 2 nitrogen and oxygen atoms in total. The van der Waals surface area contributed by atoms with Gasteiger partial charge in [-0.1, -0.05) is 13.0 Å². The molecule has 0 aromatic heterocycles. The molecule has 0 aliphatic rings. The van der Waals surface area contributed by atoms with Crippen LogP contribution in [0.1, 0.15) is 36.0 Å². The number of carbonyl (C=O) groups is 1. The van der Waals surface area contributed by atoms with Crippen molar-refractivity contribution in [3.8, 4) is 0 Å². The quantitative estimate of drug-likeness (QED) is 0.859. The molecule has 0 heterocycles. The van der Waals surface area contributed by atoms with E-state index in [4.69, 9.17) is 5.11 Å². The molecule has 0 saturated carbocycles. The maximum atomic E-state index is 13.4. The van der Waals surface area contributed by atoms with Gasteiger partial charge in [-0.3, -0.25) is 4.79 Å². The SMILES string of the molecule is Cc1cc(C(C)CC(=O)O)cc(F)c1CF. The van der Waals surface area contributed by atoms with Gasteiger partial charge in [0.1, 0.15) is 12.5 Å². The van der Waals surface area contributed by atoms with Crippen molar-refractivity contribution in [3.63, 3.8) is 0 Å². The molecule has 16 heavy (non-hydrogen) atoms. The zero-order valence-electron chi connectivity index (χ0n) is 9.26. The van der Waals surface area contributed by atoms with Gasteiger partial charge >= 0.3 is 5.97 Å². The number of carboxylic acid groups (broad SMARTS) is 1. The van der Waals surface area contributed by atoms with Crippen LogP contribution in [0.5, 0.6) is 0 Å². The summed E-state index contributed by atoms with van der Waals surface area (Å²) in [7, 11) is 0. The third-order valence-corrected chi connectivity index (χ3v) is 2.62. The first kappa shape index (κ1) is 12.6. The van der Waals surface area contributed by atoms with E-state index in [9.17, 15) is 13.6 Å². The largest absolute Gasteiger partial charge is 0.481 e. The van der Waals surface area contributed by atoms with E-state index < -0.39 is 18.5 Å². The minimum absolute atomic E-state index is 0.0475. The van der Waals surface area contributed by atoms with Crippen molar-refractivity contribution in [2.24, 2.45) is 0 Å².